The van der Waals surface area contributed by atoms with Gasteiger partial charge in [0.1, 0.15) is 0 Å². The second kappa shape index (κ2) is 18.5. The van der Waals surface area contributed by atoms with Crippen molar-refractivity contribution in [2.75, 3.05) is 31.6 Å². The Balaban J connectivity index is 0.000000845. The van der Waals surface area contributed by atoms with Gasteiger partial charge >= 0.3 is 6.18 Å². The van der Waals surface area contributed by atoms with E-state index in [1.165, 1.54) is 23.3 Å². The zero-order valence-corrected chi connectivity index (χ0v) is 23.0. The Morgan fingerprint density at radius 2 is 1.47 bits per heavy atom. The number of alkyl halides is 3. The fourth-order valence-corrected chi connectivity index (χ4v) is 3.54. The average molecular weight is 503 g/mol. The van der Waals surface area contributed by atoms with Gasteiger partial charge in [0.2, 0.25) is 0 Å². The Labute approximate surface area is 217 Å². The van der Waals surface area contributed by atoms with E-state index in [9.17, 15) is 13.2 Å². The zero-order valence-electron chi connectivity index (χ0n) is 23.0. The molecule has 0 aliphatic rings. The summed E-state index contributed by atoms with van der Waals surface area (Å²) in [6.07, 6.45) is 3.28. The molecule has 0 aromatic heterocycles. The lowest BCUT2D eigenvalue weighted by Crippen LogP contribution is -2.29. The molecule has 0 saturated heterocycles. The summed E-state index contributed by atoms with van der Waals surface area (Å²) >= 11 is 0. The van der Waals surface area contributed by atoms with Crippen LogP contribution in [0, 0.1) is 0 Å². The molecular weight excluding hydrogens is 457 g/mol. The van der Waals surface area contributed by atoms with E-state index >= 15 is 0 Å². The van der Waals surface area contributed by atoms with Crippen molar-refractivity contribution in [2.45, 2.75) is 60.1 Å². The molecule has 0 amide bonds. The van der Waals surface area contributed by atoms with Crippen molar-refractivity contribution in [3.05, 3.63) is 96.2 Å². The van der Waals surface area contributed by atoms with Crippen LogP contribution in [0.1, 0.15) is 65.0 Å². The molecule has 0 atom stereocenters. The van der Waals surface area contributed by atoms with Gasteiger partial charge in [-0.25, -0.2) is 0 Å². The van der Waals surface area contributed by atoms with E-state index in [1.54, 1.807) is 6.07 Å². The number of nitrogens with zero attached hydrogens (tertiary/aromatic N) is 2. The lowest BCUT2D eigenvalue weighted by atomic mass is 10.1. The van der Waals surface area contributed by atoms with E-state index in [0.717, 1.165) is 50.7 Å². The summed E-state index contributed by atoms with van der Waals surface area (Å²) in [6, 6.07) is 15.8. The fraction of sp³-hybridized carbons (Fsp3) is 0.419. The minimum absolute atomic E-state index is 0.555. The highest BCUT2D eigenvalue weighted by Gasteiger charge is 2.30. The van der Waals surface area contributed by atoms with Crippen molar-refractivity contribution in [3.8, 4) is 0 Å². The van der Waals surface area contributed by atoms with Crippen molar-refractivity contribution in [1.29, 1.82) is 0 Å². The molecule has 0 aliphatic heterocycles. The maximum atomic E-state index is 12.9. The highest BCUT2D eigenvalue weighted by molar-refractivity contribution is 5.53. The molecule has 36 heavy (non-hydrogen) atoms. The second-order valence-corrected chi connectivity index (χ2v) is 8.47. The number of anilines is 1. The first-order valence-electron chi connectivity index (χ1n) is 12.6. The molecule has 0 heterocycles. The molecule has 0 fully saturated rings. The van der Waals surface area contributed by atoms with Gasteiger partial charge in [-0.3, -0.25) is 4.90 Å². The van der Waals surface area contributed by atoms with Crippen molar-refractivity contribution in [1.82, 2.24) is 4.90 Å². The number of benzene rings is 2. The van der Waals surface area contributed by atoms with Gasteiger partial charge in [0.15, 0.2) is 0 Å². The molecule has 0 N–H and O–H groups in total. The largest absolute Gasteiger partial charge is 0.416 e. The van der Waals surface area contributed by atoms with E-state index < -0.39 is 11.7 Å². The van der Waals surface area contributed by atoms with Crippen molar-refractivity contribution in [2.24, 2.45) is 0 Å². The van der Waals surface area contributed by atoms with Crippen LogP contribution in [0.3, 0.4) is 0 Å². The van der Waals surface area contributed by atoms with E-state index in [0.29, 0.717) is 5.69 Å². The molecule has 2 aromatic carbocycles. The summed E-state index contributed by atoms with van der Waals surface area (Å²) in [5.74, 6) is 0. The first-order valence-corrected chi connectivity index (χ1v) is 12.6. The number of rotatable bonds is 10. The summed E-state index contributed by atoms with van der Waals surface area (Å²) in [7, 11) is 1.82. The third kappa shape index (κ3) is 12.8. The average Bonchev–Trinajstić information content (AvgIpc) is 2.88. The maximum absolute atomic E-state index is 12.9. The molecule has 2 rings (SSSR count). The minimum Gasteiger partial charge on any atom is -0.348 e. The normalized spacial score (nSPS) is 11.8. The van der Waals surface area contributed by atoms with Crippen LogP contribution in [0.4, 0.5) is 18.9 Å². The van der Waals surface area contributed by atoms with Crippen LogP contribution in [0.2, 0.25) is 0 Å². The molecule has 0 saturated carbocycles. The predicted octanol–water partition coefficient (Wildman–Crippen LogP) is 9.47. The van der Waals surface area contributed by atoms with Gasteiger partial charge in [-0.1, -0.05) is 69.3 Å². The quantitative estimate of drug-likeness (QED) is 0.299. The Morgan fingerprint density at radius 3 is 1.97 bits per heavy atom. The van der Waals surface area contributed by atoms with Gasteiger partial charge in [0, 0.05) is 25.0 Å². The Kier molecular flexibility index (Phi) is 17.0. The third-order valence-corrected chi connectivity index (χ3v) is 5.57. The van der Waals surface area contributed by atoms with Gasteiger partial charge in [-0.2, -0.15) is 13.2 Å². The summed E-state index contributed by atoms with van der Waals surface area (Å²) in [5, 5.41) is 0. The molecular formula is C31H45F3N2. The highest BCUT2D eigenvalue weighted by Crippen LogP contribution is 2.32. The van der Waals surface area contributed by atoms with Gasteiger partial charge in [0.25, 0.3) is 0 Å². The molecule has 5 heteroatoms. The van der Waals surface area contributed by atoms with Crippen LogP contribution in [0.25, 0.3) is 6.08 Å². The fourth-order valence-electron chi connectivity index (χ4n) is 3.54. The van der Waals surface area contributed by atoms with E-state index in [4.69, 9.17) is 0 Å². The topological polar surface area (TPSA) is 6.48 Å². The number of halogens is 3. The molecule has 200 valence electrons. The summed E-state index contributed by atoms with van der Waals surface area (Å²) < 4.78 is 38.7. The van der Waals surface area contributed by atoms with Crippen molar-refractivity contribution < 1.29 is 13.2 Å². The van der Waals surface area contributed by atoms with E-state index in [-0.39, 0.29) is 0 Å². The number of hydrogen-bond donors (Lipinski definition) is 0. The molecule has 2 nitrogen and oxygen atoms in total. The molecule has 0 bridgehead atoms. The van der Waals surface area contributed by atoms with E-state index in [1.807, 2.05) is 24.9 Å². The van der Waals surface area contributed by atoms with Crippen LogP contribution >= 0.6 is 0 Å². The highest BCUT2D eigenvalue weighted by atomic mass is 19.4. The summed E-state index contributed by atoms with van der Waals surface area (Å²) in [6.45, 7) is 19.4. The molecule has 2 aromatic rings. The SMILES string of the molecule is C=C.CC/C=C/c1ccccc1.CCCN(CCC)C/C(C)=C(\C)N(C)c1cccc(C(F)(F)F)c1. The molecule has 0 unspecified atom stereocenters. The number of allylic oxidation sites excluding steroid dienone is 2. The second-order valence-electron chi connectivity index (χ2n) is 8.47. The predicted molar refractivity (Wildman–Crippen MR) is 152 cm³/mol. The summed E-state index contributed by atoms with van der Waals surface area (Å²) in [5.41, 5.74) is 3.39. The Bertz CT molecular complexity index is 896. The summed E-state index contributed by atoms with van der Waals surface area (Å²) in [4.78, 5) is 4.22. The van der Waals surface area contributed by atoms with Crippen LogP contribution in [-0.2, 0) is 6.18 Å². The van der Waals surface area contributed by atoms with Crippen molar-refractivity contribution in [3.63, 3.8) is 0 Å². The van der Waals surface area contributed by atoms with Gasteiger partial charge in [0.05, 0.1) is 5.56 Å². The van der Waals surface area contributed by atoms with Crippen LogP contribution < -0.4 is 4.90 Å². The maximum Gasteiger partial charge on any atom is 0.416 e. The first kappa shape index (κ1) is 33.2. The van der Waals surface area contributed by atoms with Crippen LogP contribution in [0.5, 0.6) is 0 Å². The molecule has 0 aliphatic carbocycles. The number of hydrogen-bond acceptors (Lipinski definition) is 2. The Hall–Kier alpha value is -2.79. The monoisotopic (exact) mass is 502 g/mol. The standard InChI is InChI=1S/C19H29F3N2.C10H12.C2H4/c1-6-11-24(12-7-2)14-15(3)16(4)23(5)18-10-8-9-17(13-18)19(20,21)22;1-2-3-7-10-8-5-4-6-9-10;1-2/h8-10,13H,6-7,11-12,14H2,1-5H3;3-9H,2H2,1H3;1-2H2/b16-15+;7-3+;. The molecule has 0 radical (unpaired) electrons. The minimum atomic E-state index is -4.32. The third-order valence-electron chi connectivity index (χ3n) is 5.57. The first-order chi connectivity index (χ1) is 17.1. The van der Waals surface area contributed by atoms with Gasteiger partial charge in [-0.05, 0) is 75.5 Å². The molecule has 0 spiro atoms. The lowest BCUT2D eigenvalue weighted by Gasteiger charge is -2.27. The van der Waals surface area contributed by atoms with Crippen LogP contribution in [-0.4, -0.2) is 31.6 Å². The Morgan fingerprint density at radius 1 is 0.889 bits per heavy atom. The van der Waals surface area contributed by atoms with Gasteiger partial charge in [-0.15, -0.1) is 13.2 Å². The van der Waals surface area contributed by atoms with E-state index in [2.05, 4.69) is 82.2 Å². The smallest absolute Gasteiger partial charge is 0.348 e. The zero-order chi connectivity index (χ0) is 27.6. The van der Waals surface area contributed by atoms with Crippen LogP contribution in [0.15, 0.2) is 85.1 Å². The van der Waals surface area contributed by atoms with Crippen molar-refractivity contribution >= 4 is 11.8 Å². The lowest BCUT2D eigenvalue weighted by molar-refractivity contribution is -0.137. The van der Waals surface area contributed by atoms with Gasteiger partial charge < -0.3 is 4.90 Å².